The number of ether oxygens (including phenoxy) is 2. The molecule has 15 heavy (non-hydrogen) atoms. The van der Waals surface area contributed by atoms with Crippen molar-refractivity contribution < 1.29 is 18.7 Å². The van der Waals surface area contributed by atoms with Crippen LogP contribution in [0.2, 0.25) is 0 Å². The molecule has 0 aliphatic rings. The lowest BCUT2D eigenvalue weighted by molar-refractivity contribution is -0.0128. The number of hydrogen-bond acceptors (Lipinski definition) is 4. The molecule has 0 saturated carbocycles. The molecule has 0 amide bonds. The van der Waals surface area contributed by atoms with E-state index in [0.717, 1.165) is 0 Å². The van der Waals surface area contributed by atoms with Gasteiger partial charge in [-0.25, -0.2) is 9.18 Å². The summed E-state index contributed by atoms with van der Waals surface area (Å²) >= 11 is 0. The molecule has 82 valence electrons. The second-order valence-electron chi connectivity index (χ2n) is 3.04. The lowest BCUT2D eigenvalue weighted by Crippen LogP contribution is -2.11. The fourth-order valence-electron chi connectivity index (χ4n) is 1.14. The minimum atomic E-state index is -0.787. The molecule has 4 nitrogen and oxygen atoms in total. The third kappa shape index (κ3) is 2.66. The first-order chi connectivity index (χ1) is 7.06. The average molecular weight is 213 g/mol. The minimum absolute atomic E-state index is 0.176. The van der Waals surface area contributed by atoms with Gasteiger partial charge in [0.1, 0.15) is 5.82 Å². The van der Waals surface area contributed by atoms with Crippen molar-refractivity contribution in [1.82, 2.24) is 0 Å². The van der Waals surface area contributed by atoms with Crippen LogP contribution in [0.5, 0.6) is 0 Å². The number of halogens is 1. The Labute approximate surface area is 86.8 Å². The molecule has 0 atom stereocenters. The van der Waals surface area contributed by atoms with Gasteiger partial charge >= 0.3 is 5.97 Å². The van der Waals surface area contributed by atoms with Gasteiger partial charge in [-0.2, -0.15) is 0 Å². The zero-order valence-corrected chi connectivity index (χ0v) is 8.54. The van der Waals surface area contributed by atoms with E-state index in [1.54, 1.807) is 0 Å². The number of rotatable bonds is 3. The molecule has 0 unspecified atom stereocenters. The summed E-state index contributed by atoms with van der Waals surface area (Å²) in [6, 6.07) is 2.68. The van der Waals surface area contributed by atoms with Crippen LogP contribution in [0.15, 0.2) is 12.1 Å². The summed E-state index contributed by atoms with van der Waals surface area (Å²) in [6.07, 6.45) is 0. The molecule has 0 fully saturated rings. The molecule has 0 radical (unpaired) electrons. The fraction of sp³-hybridized carbons (Fsp3) is 0.300. The zero-order chi connectivity index (χ0) is 11.4. The number of anilines is 1. The molecule has 0 heterocycles. The van der Waals surface area contributed by atoms with E-state index in [2.05, 4.69) is 9.47 Å². The van der Waals surface area contributed by atoms with Gasteiger partial charge in [0.15, 0.2) is 6.79 Å². The van der Waals surface area contributed by atoms with E-state index in [4.69, 9.17) is 5.73 Å². The van der Waals surface area contributed by atoms with Crippen LogP contribution < -0.4 is 5.73 Å². The Morgan fingerprint density at radius 2 is 2.20 bits per heavy atom. The summed E-state index contributed by atoms with van der Waals surface area (Å²) in [7, 11) is 1.37. The Bertz CT molecular complexity index is 379. The van der Waals surface area contributed by atoms with Gasteiger partial charge < -0.3 is 15.2 Å². The molecule has 1 aromatic rings. The third-order valence-electron chi connectivity index (χ3n) is 1.80. The first-order valence-corrected chi connectivity index (χ1v) is 4.28. The third-order valence-corrected chi connectivity index (χ3v) is 1.80. The van der Waals surface area contributed by atoms with Crippen molar-refractivity contribution in [3.05, 3.63) is 29.1 Å². The maximum atomic E-state index is 13.5. The van der Waals surface area contributed by atoms with E-state index in [-0.39, 0.29) is 12.4 Å². The summed E-state index contributed by atoms with van der Waals surface area (Å²) in [6.45, 7) is 1.31. The number of hydrogen-bond donors (Lipinski definition) is 1. The van der Waals surface area contributed by atoms with Crippen LogP contribution in [-0.2, 0) is 9.47 Å². The second kappa shape index (κ2) is 4.75. The lowest BCUT2D eigenvalue weighted by atomic mass is 10.1. The summed E-state index contributed by atoms with van der Waals surface area (Å²) in [5, 5.41) is 0. The SMILES string of the molecule is COCOC(=O)c1cc(N)cc(C)c1F. The summed E-state index contributed by atoms with van der Waals surface area (Å²) in [5.41, 5.74) is 5.94. The van der Waals surface area contributed by atoms with E-state index in [1.165, 1.54) is 26.2 Å². The van der Waals surface area contributed by atoms with Gasteiger partial charge in [0, 0.05) is 12.8 Å². The van der Waals surface area contributed by atoms with Crippen LogP contribution in [0.3, 0.4) is 0 Å². The molecule has 0 aliphatic carbocycles. The van der Waals surface area contributed by atoms with Crippen LogP contribution in [0, 0.1) is 12.7 Å². The van der Waals surface area contributed by atoms with Crippen molar-refractivity contribution in [2.24, 2.45) is 0 Å². The standard InChI is InChI=1S/C10H12FNO3/c1-6-3-7(12)4-8(9(6)11)10(13)15-5-14-2/h3-4H,5,12H2,1-2H3. The van der Waals surface area contributed by atoms with Crippen LogP contribution in [-0.4, -0.2) is 19.9 Å². The Morgan fingerprint density at radius 3 is 2.80 bits per heavy atom. The number of carbonyl (C=O) groups excluding carboxylic acids is 1. The number of nitrogen functional groups attached to an aromatic ring is 1. The van der Waals surface area contributed by atoms with Crippen molar-refractivity contribution in [3.8, 4) is 0 Å². The molecule has 1 rings (SSSR count). The van der Waals surface area contributed by atoms with Crippen LogP contribution in [0.25, 0.3) is 0 Å². The maximum Gasteiger partial charge on any atom is 0.343 e. The van der Waals surface area contributed by atoms with Gasteiger partial charge in [0.25, 0.3) is 0 Å². The maximum absolute atomic E-state index is 13.5. The first kappa shape index (κ1) is 11.5. The average Bonchev–Trinajstić information content (AvgIpc) is 2.19. The fourth-order valence-corrected chi connectivity index (χ4v) is 1.14. The second-order valence-corrected chi connectivity index (χ2v) is 3.04. The molecular formula is C10H12FNO3. The summed E-state index contributed by atoms with van der Waals surface area (Å²) < 4.78 is 22.6. The highest BCUT2D eigenvalue weighted by Gasteiger charge is 2.15. The number of carbonyl (C=O) groups is 1. The predicted molar refractivity (Wildman–Crippen MR) is 52.8 cm³/mol. The van der Waals surface area contributed by atoms with Crippen molar-refractivity contribution in [1.29, 1.82) is 0 Å². The molecule has 2 N–H and O–H groups in total. The Balaban J connectivity index is 2.98. The van der Waals surface area contributed by atoms with Crippen molar-refractivity contribution >= 4 is 11.7 Å². The normalized spacial score (nSPS) is 10.1. The topological polar surface area (TPSA) is 61.5 Å². The van der Waals surface area contributed by atoms with E-state index in [0.29, 0.717) is 11.3 Å². The Morgan fingerprint density at radius 1 is 1.53 bits per heavy atom. The van der Waals surface area contributed by atoms with Gasteiger partial charge in [0.2, 0.25) is 0 Å². The Hall–Kier alpha value is -1.62. The summed E-state index contributed by atoms with van der Waals surface area (Å²) in [4.78, 5) is 11.3. The zero-order valence-electron chi connectivity index (χ0n) is 8.54. The van der Waals surface area contributed by atoms with E-state index >= 15 is 0 Å². The molecule has 1 aromatic carbocycles. The van der Waals surface area contributed by atoms with Gasteiger partial charge in [-0.15, -0.1) is 0 Å². The molecule has 0 aromatic heterocycles. The van der Waals surface area contributed by atoms with Gasteiger partial charge in [0.05, 0.1) is 5.56 Å². The van der Waals surface area contributed by atoms with Crippen molar-refractivity contribution in [2.75, 3.05) is 19.6 Å². The van der Waals surface area contributed by atoms with Crippen molar-refractivity contribution in [2.45, 2.75) is 6.92 Å². The van der Waals surface area contributed by atoms with Crippen LogP contribution in [0.1, 0.15) is 15.9 Å². The highest BCUT2D eigenvalue weighted by atomic mass is 19.1. The van der Waals surface area contributed by atoms with Gasteiger partial charge in [-0.3, -0.25) is 0 Å². The number of benzene rings is 1. The smallest absolute Gasteiger partial charge is 0.343 e. The largest absolute Gasteiger partial charge is 0.435 e. The minimum Gasteiger partial charge on any atom is -0.435 e. The molecule has 0 bridgehead atoms. The molecule has 0 spiro atoms. The van der Waals surface area contributed by atoms with E-state index in [1.807, 2.05) is 0 Å². The van der Waals surface area contributed by atoms with E-state index in [9.17, 15) is 9.18 Å². The Kier molecular flexibility index (Phi) is 3.62. The lowest BCUT2D eigenvalue weighted by Gasteiger charge is -2.07. The number of methoxy groups -OCH3 is 1. The molecule has 0 saturated heterocycles. The number of esters is 1. The molecular weight excluding hydrogens is 201 g/mol. The predicted octanol–water partition coefficient (Wildman–Crippen LogP) is 1.48. The molecule has 0 aliphatic heterocycles. The monoisotopic (exact) mass is 213 g/mol. The highest BCUT2D eigenvalue weighted by Crippen LogP contribution is 2.17. The van der Waals surface area contributed by atoms with Crippen molar-refractivity contribution in [3.63, 3.8) is 0 Å². The summed E-state index contributed by atoms with van der Waals surface area (Å²) in [5.74, 6) is -1.41. The molecule has 5 heteroatoms. The first-order valence-electron chi connectivity index (χ1n) is 4.28. The van der Waals surface area contributed by atoms with Gasteiger partial charge in [-0.05, 0) is 24.6 Å². The van der Waals surface area contributed by atoms with Crippen LogP contribution in [0.4, 0.5) is 10.1 Å². The number of aryl methyl sites for hydroxylation is 1. The quantitative estimate of drug-likeness (QED) is 0.469. The van der Waals surface area contributed by atoms with Gasteiger partial charge in [-0.1, -0.05) is 0 Å². The highest BCUT2D eigenvalue weighted by molar-refractivity contribution is 5.91. The van der Waals surface area contributed by atoms with Crippen LogP contribution >= 0.6 is 0 Å². The van der Waals surface area contributed by atoms with E-state index < -0.39 is 11.8 Å². The number of nitrogens with two attached hydrogens (primary N) is 1.